The summed E-state index contributed by atoms with van der Waals surface area (Å²) in [5.74, 6) is 1.10. The largest absolute Gasteiger partial charge is 0.444 e. The lowest BCUT2D eigenvalue weighted by Crippen LogP contribution is -2.47. The molecule has 2 fully saturated rings. The van der Waals surface area contributed by atoms with Crippen molar-refractivity contribution < 1.29 is 9.53 Å². The molecule has 0 unspecified atom stereocenters. The van der Waals surface area contributed by atoms with Crippen LogP contribution in [0.2, 0.25) is 0 Å². The molecule has 1 aromatic carbocycles. The Labute approximate surface area is 206 Å². The van der Waals surface area contributed by atoms with Gasteiger partial charge in [-0.1, -0.05) is 0 Å². The molecule has 1 amide bonds. The van der Waals surface area contributed by atoms with Gasteiger partial charge in [-0.25, -0.2) is 24.7 Å². The number of carbonyl (C=O) groups is 1. The van der Waals surface area contributed by atoms with E-state index in [9.17, 15) is 4.79 Å². The average molecular weight is 476 g/mol. The van der Waals surface area contributed by atoms with Gasteiger partial charge in [-0.2, -0.15) is 0 Å². The Bertz CT molecular complexity index is 1170. The third kappa shape index (κ3) is 5.28. The zero-order chi connectivity index (χ0) is 24.4. The molecule has 9 heteroatoms. The standard InChI is InChI=1S/C26H33N7O2/c1-26(2,3)35-25(34)33-11-7-19(8-12-33)23-21-6-5-20(17-22(21)29-18-30-23)31-13-15-32(16-14-31)24-27-9-4-10-28-24/h4-6,9-10,17-19H,7-8,11-16H2,1-3H3. The number of hydrogen-bond donors (Lipinski definition) is 0. The number of anilines is 2. The van der Waals surface area contributed by atoms with Crippen LogP contribution >= 0.6 is 0 Å². The van der Waals surface area contributed by atoms with Crippen LogP contribution < -0.4 is 9.80 Å². The highest BCUT2D eigenvalue weighted by atomic mass is 16.6. The number of likely N-dealkylation sites (tertiary alicyclic amines) is 1. The Morgan fingerprint density at radius 2 is 1.60 bits per heavy atom. The minimum absolute atomic E-state index is 0.230. The van der Waals surface area contributed by atoms with Crippen LogP contribution in [0.4, 0.5) is 16.4 Å². The van der Waals surface area contributed by atoms with Gasteiger partial charge >= 0.3 is 6.09 Å². The van der Waals surface area contributed by atoms with Crippen molar-refractivity contribution in [2.45, 2.75) is 45.1 Å². The summed E-state index contributed by atoms with van der Waals surface area (Å²) in [6.45, 7) is 10.6. The Balaban J connectivity index is 1.25. The van der Waals surface area contributed by atoms with Gasteiger partial charge in [0.25, 0.3) is 0 Å². The third-order valence-corrected chi connectivity index (χ3v) is 6.66. The van der Waals surface area contributed by atoms with E-state index in [4.69, 9.17) is 4.74 Å². The minimum atomic E-state index is -0.476. The van der Waals surface area contributed by atoms with Crippen molar-refractivity contribution in [3.8, 4) is 0 Å². The zero-order valence-electron chi connectivity index (χ0n) is 20.7. The highest BCUT2D eigenvalue weighted by Gasteiger charge is 2.29. The van der Waals surface area contributed by atoms with Crippen molar-refractivity contribution in [2.75, 3.05) is 49.1 Å². The van der Waals surface area contributed by atoms with Gasteiger partial charge in [0.1, 0.15) is 11.9 Å². The Morgan fingerprint density at radius 3 is 2.29 bits per heavy atom. The molecular formula is C26H33N7O2. The van der Waals surface area contributed by atoms with Crippen molar-refractivity contribution in [1.29, 1.82) is 0 Å². The normalized spacial score (nSPS) is 17.6. The number of piperidine rings is 1. The number of aromatic nitrogens is 4. The van der Waals surface area contributed by atoms with E-state index in [1.54, 1.807) is 18.7 Å². The molecule has 4 heterocycles. The van der Waals surface area contributed by atoms with E-state index in [1.165, 1.54) is 5.69 Å². The molecule has 0 spiro atoms. The van der Waals surface area contributed by atoms with Crippen LogP contribution in [0.1, 0.15) is 45.2 Å². The Morgan fingerprint density at radius 1 is 0.914 bits per heavy atom. The molecule has 3 aromatic rings. The van der Waals surface area contributed by atoms with Gasteiger partial charge < -0.3 is 19.4 Å². The SMILES string of the molecule is CC(C)(C)OC(=O)N1CCC(c2ncnc3cc(N4CCN(c5ncccn5)CC4)ccc23)CC1. The number of fused-ring (bicyclic) bond motifs is 1. The summed E-state index contributed by atoms with van der Waals surface area (Å²) in [7, 11) is 0. The van der Waals surface area contributed by atoms with Crippen LogP contribution in [-0.4, -0.2) is 75.8 Å². The van der Waals surface area contributed by atoms with E-state index in [0.29, 0.717) is 19.0 Å². The molecule has 0 aliphatic carbocycles. The summed E-state index contributed by atoms with van der Waals surface area (Å²) < 4.78 is 5.54. The predicted molar refractivity (Wildman–Crippen MR) is 136 cm³/mol. The highest BCUT2D eigenvalue weighted by Crippen LogP contribution is 2.33. The second-order valence-corrected chi connectivity index (χ2v) is 10.2. The molecule has 184 valence electrons. The molecule has 2 aromatic heterocycles. The smallest absolute Gasteiger partial charge is 0.410 e. The molecule has 2 aliphatic heterocycles. The van der Waals surface area contributed by atoms with Crippen LogP contribution in [0.3, 0.4) is 0 Å². The molecular weight excluding hydrogens is 442 g/mol. The number of carbonyl (C=O) groups excluding carboxylic acids is 1. The summed E-state index contributed by atoms with van der Waals surface area (Å²) in [4.78, 5) is 36.8. The second-order valence-electron chi connectivity index (χ2n) is 10.2. The van der Waals surface area contributed by atoms with Gasteiger partial charge in [0.2, 0.25) is 5.95 Å². The third-order valence-electron chi connectivity index (χ3n) is 6.66. The lowest BCUT2D eigenvalue weighted by atomic mass is 9.91. The molecule has 0 N–H and O–H groups in total. The summed E-state index contributed by atoms with van der Waals surface area (Å²) in [5.41, 5.74) is 2.75. The first kappa shape index (κ1) is 23.3. The van der Waals surface area contributed by atoms with Gasteiger partial charge in [-0.15, -0.1) is 0 Å². The first-order valence-corrected chi connectivity index (χ1v) is 12.4. The first-order valence-electron chi connectivity index (χ1n) is 12.4. The van der Waals surface area contributed by atoms with Crippen LogP contribution in [-0.2, 0) is 4.74 Å². The lowest BCUT2D eigenvalue weighted by molar-refractivity contribution is 0.0204. The molecule has 5 rings (SSSR count). The van der Waals surface area contributed by atoms with Gasteiger partial charge in [0.15, 0.2) is 0 Å². The van der Waals surface area contributed by atoms with Crippen molar-refractivity contribution in [2.24, 2.45) is 0 Å². The van der Waals surface area contributed by atoms with E-state index in [-0.39, 0.29) is 6.09 Å². The second kappa shape index (κ2) is 9.64. The number of ether oxygens (including phenoxy) is 1. The molecule has 0 saturated carbocycles. The topological polar surface area (TPSA) is 87.6 Å². The summed E-state index contributed by atoms with van der Waals surface area (Å²) in [5, 5.41) is 1.10. The molecule has 0 bridgehead atoms. The van der Waals surface area contributed by atoms with E-state index in [1.807, 2.05) is 31.7 Å². The van der Waals surface area contributed by atoms with Gasteiger partial charge in [0.05, 0.1) is 11.2 Å². The van der Waals surface area contributed by atoms with Gasteiger partial charge in [-0.05, 0) is 57.9 Å². The number of rotatable bonds is 3. The number of piperazine rings is 1. The fourth-order valence-electron chi connectivity index (χ4n) is 4.87. The molecule has 2 aliphatic rings. The van der Waals surface area contributed by atoms with Gasteiger partial charge in [0, 0.05) is 68.7 Å². The minimum Gasteiger partial charge on any atom is -0.444 e. The van der Waals surface area contributed by atoms with Gasteiger partial charge in [-0.3, -0.25) is 0 Å². The highest BCUT2D eigenvalue weighted by molar-refractivity contribution is 5.84. The zero-order valence-corrected chi connectivity index (χ0v) is 20.7. The van der Waals surface area contributed by atoms with Crippen molar-refractivity contribution >= 4 is 28.6 Å². The number of benzene rings is 1. The molecule has 35 heavy (non-hydrogen) atoms. The monoisotopic (exact) mass is 475 g/mol. The van der Waals surface area contributed by atoms with E-state index < -0.39 is 5.60 Å². The maximum absolute atomic E-state index is 12.4. The fourth-order valence-corrected chi connectivity index (χ4v) is 4.87. The Kier molecular flexibility index (Phi) is 6.40. The lowest BCUT2D eigenvalue weighted by Gasteiger charge is -2.36. The Hall–Kier alpha value is -3.49. The summed E-state index contributed by atoms with van der Waals surface area (Å²) in [6, 6.07) is 8.35. The predicted octanol–water partition coefficient (Wildman–Crippen LogP) is 3.86. The van der Waals surface area contributed by atoms with Crippen molar-refractivity contribution in [1.82, 2.24) is 24.8 Å². The number of hydrogen-bond acceptors (Lipinski definition) is 8. The van der Waals surface area contributed by atoms with E-state index in [2.05, 4.69) is 47.9 Å². The van der Waals surface area contributed by atoms with Crippen molar-refractivity contribution in [3.05, 3.63) is 48.7 Å². The maximum atomic E-state index is 12.4. The molecule has 0 atom stereocenters. The molecule has 0 radical (unpaired) electrons. The molecule has 9 nitrogen and oxygen atoms in total. The number of nitrogens with zero attached hydrogens (tertiary/aromatic N) is 7. The first-order chi connectivity index (χ1) is 16.9. The van der Waals surface area contributed by atoms with Crippen LogP contribution in [0.5, 0.6) is 0 Å². The summed E-state index contributed by atoms with van der Waals surface area (Å²) in [6.07, 6.45) is 6.76. The quantitative estimate of drug-likeness (QED) is 0.564. The van der Waals surface area contributed by atoms with E-state index in [0.717, 1.165) is 61.6 Å². The maximum Gasteiger partial charge on any atom is 0.410 e. The number of amides is 1. The summed E-state index contributed by atoms with van der Waals surface area (Å²) >= 11 is 0. The van der Waals surface area contributed by atoms with E-state index >= 15 is 0 Å². The van der Waals surface area contributed by atoms with Crippen LogP contribution in [0.25, 0.3) is 10.9 Å². The van der Waals surface area contributed by atoms with Crippen LogP contribution in [0.15, 0.2) is 43.0 Å². The van der Waals surface area contributed by atoms with Crippen molar-refractivity contribution in [3.63, 3.8) is 0 Å². The molecule has 2 saturated heterocycles. The fraction of sp³-hybridized carbons (Fsp3) is 0.500. The van der Waals surface area contributed by atoms with Crippen LogP contribution in [0, 0.1) is 0 Å². The average Bonchev–Trinajstić information content (AvgIpc) is 2.88.